The summed E-state index contributed by atoms with van der Waals surface area (Å²) in [5.74, 6) is -0.00551. The number of sulfone groups is 1. The maximum atomic E-state index is 12.6. The molecule has 1 aromatic carbocycles. The van der Waals surface area contributed by atoms with Crippen LogP contribution in [0.1, 0.15) is 5.56 Å². The number of hydrogen-bond donors (Lipinski definition) is 2. The fraction of sp³-hybridized carbons (Fsp3) is 0.231. The summed E-state index contributed by atoms with van der Waals surface area (Å²) < 4.78 is 47.4. The Balaban J connectivity index is 0.00000288. The first kappa shape index (κ1) is 20.9. The molecule has 7 nitrogen and oxygen atoms in total. The van der Waals surface area contributed by atoms with Crippen LogP contribution in [0.15, 0.2) is 43.6 Å². The molecule has 11 heteroatoms. The molecule has 0 saturated heterocycles. The van der Waals surface area contributed by atoms with Crippen LogP contribution in [-0.4, -0.2) is 40.9 Å². The van der Waals surface area contributed by atoms with E-state index in [-0.39, 0.29) is 31.5 Å². The molecule has 0 unspecified atom stereocenters. The van der Waals surface area contributed by atoms with E-state index in [9.17, 15) is 21.9 Å². The summed E-state index contributed by atoms with van der Waals surface area (Å²) in [7, 11) is -4.25. The van der Waals surface area contributed by atoms with Crippen molar-refractivity contribution in [2.24, 2.45) is 5.14 Å². The van der Waals surface area contributed by atoms with Crippen LogP contribution in [-0.2, 0) is 26.4 Å². The first-order chi connectivity index (χ1) is 10.5. The summed E-state index contributed by atoms with van der Waals surface area (Å²) in [5.41, 5.74) is 0.458. The monoisotopic (exact) mass is 412 g/mol. The van der Waals surface area contributed by atoms with E-state index in [2.05, 4.69) is 0 Å². The summed E-state index contributed by atoms with van der Waals surface area (Å²) in [6, 6.07) is 6.33. The van der Waals surface area contributed by atoms with E-state index in [0.29, 0.717) is 23.4 Å². The summed E-state index contributed by atoms with van der Waals surface area (Å²) in [6.07, 6.45) is 0. The Bertz CT molecular complexity index is 936. The number of sulfonamides is 1. The number of nitrogens with two attached hydrogens (primary N) is 1. The Morgan fingerprint density at radius 3 is 2.17 bits per heavy atom. The third-order valence-electron chi connectivity index (χ3n) is 2.95. The van der Waals surface area contributed by atoms with Crippen molar-refractivity contribution in [3.8, 4) is 5.75 Å². The molecule has 0 spiro atoms. The van der Waals surface area contributed by atoms with E-state index in [0.717, 1.165) is 6.07 Å². The van der Waals surface area contributed by atoms with Crippen molar-refractivity contribution in [2.75, 3.05) is 14.1 Å². The number of nitrogens with zero attached hydrogens (tertiary/aromatic N) is 1. The predicted octanol–water partition coefficient (Wildman–Crippen LogP) is 1.42. The zero-order valence-electron chi connectivity index (χ0n) is 12.8. The molecule has 2 rings (SSSR count). The van der Waals surface area contributed by atoms with Gasteiger partial charge in [-0.3, -0.25) is 0 Å². The lowest BCUT2D eigenvalue weighted by Crippen LogP contribution is -2.11. The van der Waals surface area contributed by atoms with Gasteiger partial charge in [0.2, 0.25) is 19.9 Å². The number of benzene rings is 1. The molecule has 0 bridgehead atoms. The molecule has 0 radical (unpaired) electrons. The lowest BCUT2D eigenvalue weighted by atomic mass is 10.2. The van der Waals surface area contributed by atoms with Crippen LogP contribution >= 0.6 is 23.7 Å². The normalized spacial score (nSPS) is 12.2. The van der Waals surface area contributed by atoms with Crippen LogP contribution in [0, 0.1) is 0 Å². The van der Waals surface area contributed by atoms with Crippen molar-refractivity contribution in [1.29, 1.82) is 0 Å². The highest BCUT2D eigenvalue weighted by molar-refractivity contribution is 7.95. The van der Waals surface area contributed by atoms with Crippen LogP contribution in [0.2, 0.25) is 0 Å². The highest BCUT2D eigenvalue weighted by Crippen LogP contribution is 2.31. The summed E-state index contributed by atoms with van der Waals surface area (Å²) in [6.45, 7) is 0.363. The molecule has 2 aromatic rings. The van der Waals surface area contributed by atoms with Gasteiger partial charge in [0, 0.05) is 12.1 Å². The number of rotatable bonds is 5. The number of phenolic OH excluding ortho intramolecular Hbond substituents is 1. The highest BCUT2D eigenvalue weighted by Gasteiger charge is 2.23. The van der Waals surface area contributed by atoms with Gasteiger partial charge < -0.3 is 10.0 Å². The van der Waals surface area contributed by atoms with Gasteiger partial charge in [-0.15, -0.1) is 23.7 Å². The fourth-order valence-electron chi connectivity index (χ4n) is 1.91. The first-order valence-electron chi connectivity index (χ1n) is 6.36. The number of hydrogen-bond acceptors (Lipinski definition) is 7. The van der Waals surface area contributed by atoms with Crippen molar-refractivity contribution in [1.82, 2.24) is 4.90 Å². The molecule has 0 aliphatic rings. The molecule has 0 aliphatic heterocycles. The van der Waals surface area contributed by atoms with Gasteiger partial charge in [-0.1, -0.05) is 0 Å². The van der Waals surface area contributed by atoms with Gasteiger partial charge in [-0.2, -0.15) is 0 Å². The number of primary sulfonamides is 1. The van der Waals surface area contributed by atoms with Crippen molar-refractivity contribution in [2.45, 2.75) is 19.9 Å². The number of halogens is 1. The molecule has 0 fully saturated rings. The average Bonchev–Trinajstić information content (AvgIpc) is 2.90. The van der Waals surface area contributed by atoms with Gasteiger partial charge in [0.15, 0.2) is 0 Å². The largest absolute Gasteiger partial charge is 0.508 e. The van der Waals surface area contributed by atoms with E-state index < -0.39 is 19.9 Å². The second-order valence-electron chi connectivity index (χ2n) is 5.15. The summed E-state index contributed by atoms with van der Waals surface area (Å²) >= 11 is 0.592. The Morgan fingerprint density at radius 2 is 1.67 bits per heavy atom. The van der Waals surface area contributed by atoms with Crippen LogP contribution < -0.4 is 5.14 Å². The Morgan fingerprint density at radius 1 is 1.08 bits per heavy atom. The fourth-order valence-corrected chi connectivity index (χ4v) is 5.55. The van der Waals surface area contributed by atoms with E-state index in [1.807, 2.05) is 0 Å². The van der Waals surface area contributed by atoms with Crippen molar-refractivity contribution in [3.05, 3.63) is 35.9 Å². The third kappa shape index (κ3) is 4.47. The zero-order valence-corrected chi connectivity index (χ0v) is 16.1. The van der Waals surface area contributed by atoms with E-state index in [1.54, 1.807) is 19.0 Å². The minimum absolute atomic E-state index is 0. The lowest BCUT2D eigenvalue weighted by Gasteiger charge is -2.12. The highest BCUT2D eigenvalue weighted by atomic mass is 35.5. The topological polar surface area (TPSA) is 118 Å². The van der Waals surface area contributed by atoms with Crippen LogP contribution in [0.25, 0.3) is 0 Å². The molecule has 3 N–H and O–H groups in total. The van der Waals surface area contributed by atoms with Crippen LogP contribution in [0.3, 0.4) is 0 Å². The first-order valence-corrected chi connectivity index (χ1v) is 10.2. The Hall–Kier alpha value is -1.17. The number of thiophene rings is 1. The van der Waals surface area contributed by atoms with Gasteiger partial charge in [-0.05, 0) is 44.4 Å². The van der Waals surface area contributed by atoms with E-state index in [1.165, 1.54) is 24.3 Å². The molecule has 0 aliphatic carbocycles. The quantitative estimate of drug-likeness (QED) is 0.766. The van der Waals surface area contributed by atoms with Crippen LogP contribution in [0.5, 0.6) is 5.75 Å². The van der Waals surface area contributed by atoms with Gasteiger partial charge in [0.05, 0.1) is 4.90 Å². The average molecular weight is 413 g/mol. The van der Waals surface area contributed by atoms with Crippen molar-refractivity contribution >= 4 is 43.6 Å². The minimum atomic E-state index is -3.95. The molecule has 0 atom stereocenters. The van der Waals surface area contributed by atoms with Crippen LogP contribution in [0.4, 0.5) is 0 Å². The molecule has 0 amide bonds. The molecule has 1 aromatic heterocycles. The maximum Gasteiger partial charge on any atom is 0.247 e. The van der Waals surface area contributed by atoms with Gasteiger partial charge in [0.25, 0.3) is 0 Å². The molecule has 1 heterocycles. The molecular weight excluding hydrogens is 396 g/mol. The standard InChI is InChI=1S/C13H16N2O5S3.ClH/c1-15(2)8-9-7-10(3-4-11(9)16)22(17,18)12-5-6-13(21-12)23(14,19)20;/h3-7,16H,8H2,1-2H3,(H2,14,19,20);1H. The van der Waals surface area contributed by atoms with Gasteiger partial charge >= 0.3 is 0 Å². The third-order valence-corrected chi connectivity index (χ3v) is 7.72. The smallest absolute Gasteiger partial charge is 0.247 e. The number of aromatic hydroxyl groups is 1. The minimum Gasteiger partial charge on any atom is -0.508 e. The molecule has 24 heavy (non-hydrogen) atoms. The second-order valence-corrected chi connectivity index (χ2v) is 10.2. The lowest BCUT2D eigenvalue weighted by molar-refractivity contribution is 0.385. The van der Waals surface area contributed by atoms with Gasteiger partial charge in [0.1, 0.15) is 14.2 Å². The van der Waals surface area contributed by atoms with Crippen molar-refractivity contribution in [3.63, 3.8) is 0 Å². The SMILES string of the molecule is CN(C)Cc1cc(S(=O)(=O)c2ccc(S(N)(=O)=O)s2)ccc1O.Cl. The summed E-state index contributed by atoms with van der Waals surface area (Å²) in [4.78, 5) is 1.77. The molecule has 0 saturated carbocycles. The predicted molar refractivity (Wildman–Crippen MR) is 93.9 cm³/mol. The molecular formula is C13H17ClN2O5S3. The van der Waals surface area contributed by atoms with E-state index in [4.69, 9.17) is 5.14 Å². The molecule has 134 valence electrons. The zero-order chi connectivity index (χ0) is 17.4. The Labute approximate surface area is 151 Å². The number of phenols is 1. The van der Waals surface area contributed by atoms with E-state index >= 15 is 0 Å². The Kier molecular flexibility index (Phi) is 6.42. The van der Waals surface area contributed by atoms with Gasteiger partial charge in [-0.25, -0.2) is 22.0 Å². The maximum absolute atomic E-state index is 12.6. The summed E-state index contributed by atoms with van der Waals surface area (Å²) in [5, 5.41) is 14.8. The second kappa shape index (κ2) is 7.38. The van der Waals surface area contributed by atoms with Crippen molar-refractivity contribution < 1.29 is 21.9 Å².